The minimum atomic E-state index is -4.45. The largest absolute Gasteiger partial charge is 0.756 e. The maximum Gasteiger partial charge on any atom is 0.267 e. The van der Waals surface area contributed by atoms with Gasteiger partial charge in [-0.3, -0.25) is 9.36 Å². The molecular formula is C39H72NO6P. The van der Waals surface area contributed by atoms with Crippen LogP contribution in [0.5, 0.6) is 5.75 Å². The van der Waals surface area contributed by atoms with Crippen molar-refractivity contribution in [3.8, 4) is 5.75 Å². The zero-order chi connectivity index (χ0) is 34.6. The fraction of sp³-hybridized carbons (Fsp3) is 0.821. The van der Waals surface area contributed by atoms with E-state index >= 15 is 0 Å². The molecule has 7 nitrogen and oxygen atoms in total. The van der Waals surface area contributed by atoms with E-state index in [1.54, 1.807) is 0 Å². The molecule has 0 aliphatic heterocycles. The molecule has 8 heteroatoms. The molecule has 0 amide bonds. The lowest BCUT2D eigenvalue weighted by atomic mass is 9.93. The predicted molar refractivity (Wildman–Crippen MR) is 195 cm³/mol. The third kappa shape index (κ3) is 26.3. The number of Topliss-reactive ketones (excluding diaryl/α,β-unsaturated/α-hetero) is 1. The van der Waals surface area contributed by atoms with E-state index in [1.165, 1.54) is 89.9 Å². The van der Waals surface area contributed by atoms with E-state index < -0.39 is 7.82 Å². The number of benzene rings is 1. The molecular weight excluding hydrogens is 609 g/mol. The number of hydrogen-bond acceptors (Lipinski definition) is 6. The van der Waals surface area contributed by atoms with Crippen molar-refractivity contribution < 1.29 is 32.5 Å². The first-order valence-electron chi connectivity index (χ1n) is 19.2. The van der Waals surface area contributed by atoms with Crippen LogP contribution in [-0.2, 0) is 24.8 Å². The van der Waals surface area contributed by atoms with Crippen LogP contribution in [0.25, 0.3) is 0 Å². The molecule has 0 heterocycles. The van der Waals surface area contributed by atoms with Crippen molar-refractivity contribution in [2.45, 2.75) is 155 Å². The van der Waals surface area contributed by atoms with Crippen molar-refractivity contribution in [1.82, 2.24) is 0 Å². The van der Waals surface area contributed by atoms with Gasteiger partial charge in [0.05, 0.1) is 47.5 Å². The van der Waals surface area contributed by atoms with E-state index in [2.05, 4.69) is 28.1 Å². The Labute approximate surface area is 289 Å². The lowest BCUT2D eigenvalue weighted by molar-refractivity contribution is -0.870. The molecule has 0 spiro atoms. The van der Waals surface area contributed by atoms with Crippen molar-refractivity contribution in [2.75, 3.05) is 47.5 Å². The van der Waals surface area contributed by atoms with Gasteiger partial charge in [-0.25, -0.2) is 0 Å². The Hall–Kier alpha value is -1.24. The average molecular weight is 682 g/mol. The molecule has 2 atom stereocenters. The molecule has 1 aromatic carbocycles. The summed E-state index contributed by atoms with van der Waals surface area (Å²) in [5.74, 6) is 0.647. The molecule has 1 aromatic rings. The summed E-state index contributed by atoms with van der Waals surface area (Å²) in [6.07, 6.45) is 24.9. The van der Waals surface area contributed by atoms with Gasteiger partial charge in [0.2, 0.25) is 0 Å². The number of ether oxygens (including phenoxy) is 1. The summed E-state index contributed by atoms with van der Waals surface area (Å²) in [7, 11) is 1.86. The number of carbonyl (C=O) groups excluding carboxylic acids is 1. The first-order valence-corrected chi connectivity index (χ1v) is 20.7. The molecule has 0 radical (unpaired) electrons. The monoisotopic (exact) mass is 682 g/mol. The zero-order valence-electron chi connectivity index (χ0n) is 31.1. The Kier molecular flexibility index (Phi) is 25.7. The highest BCUT2D eigenvalue weighted by atomic mass is 31.2. The van der Waals surface area contributed by atoms with Gasteiger partial charge < -0.3 is 23.2 Å². The van der Waals surface area contributed by atoms with Crippen LogP contribution in [0.2, 0.25) is 0 Å². The van der Waals surface area contributed by atoms with E-state index in [-0.39, 0.29) is 31.3 Å². The van der Waals surface area contributed by atoms with Crippen molar-refractivity contribution in [3.63, 3.8) is 0 Å². The van der Waals surface area contributed by atoms with Crippen molar-refractivity contribution in [3.05, 3.63) is 29.8 Å². The number of para-hydroxylation sites is 1. The van der Waals surface area contributed by atoms with E-state index in [1.807, 2.05) is 31.2 Å². The highest BCUT2D eigenvalue weighted by Gasteiger charge is 2.20. The number of rotatable bonds is 33. The van der Waals surface area contributed by atoms with Crippen LogP contribution in [0, 0.1) is 5.92 Å². The summed E-state index contributed by atoms with van der Waals surface area (Å²) in [5, 5.41) is 0. The molecule has 0 saturated carbocycles. The molecule has 2 unspecified atom stereocenters. The van der Waals surface area contributed by atoms with Crippen LogP contribution in [-0.4, -0.2) is 57.8 Å². The molecule has 47 heavy (non-hydrogen) atoms. The molecule has 0 N–H and O–H groups in total. The van der Waals surface area contributed by atoms with Crippen LogP contribution in [0.1, 0.15) is 154 Å². The van der Waals surface area contributed by atoms with Crippen LogP contribution in [0.15, 0.2) is 24.3 Å². The summed E-state index contributed by atoms with van der Waals surface area (Å²) in [4.78, 5) is 25.0. The van der Waals surface area contributed by atoms with Gasteiger partial charge in [-0.05, 0) is 49.7 Å². The molecule has 274 valence electrons. The fourth-order valence-electron chi connectivity index (χ4n) is 5.95. The lowest BCUT2D eigenvalue weighted by Gasteiger charge is -2.26. The molecule has 0 saturated heterocycles. The number of carbonyl (C=O) groups is 1. The molecule has 0 aromatic heterocycles. The topological polar surface area (TPSA) is 84.9 Å². The summed E-state index contributed by atoms with van der Waals surface area (Å²) >= 11 is 0. The third-order valence-electron chi connectivity index (χ3n) is 8.72. The van der Waals surface area contributed by atoms with Gasteiger partial charge in [-0.1, -0.05) is 128 Å². The Bertz CT molecular complexity index is 950. The summed E-state index contributed by atoms with van der Waals surface area (Å²) in [6.45, 7) is 5.88. The first-order chi connectivity index (χ1) is 22.6. The van der Waals surface area contributed by atoms with Gasteiger partial charge in [-0.2, -0.15) is 0 Å². The second kappa shape index (κ2) is 27.6. The average Bonchev–Trinajstić information content (AvgIpc) is 3.01. The number of nitrogens with zero attached hydrogens (tertiary/aromatic N) is 1. The fourth-order valence-corrected chi connectivity index (χ4v) is 6.77. The van der Waals surface area contributed by atoms with Gasteiger partial charge >= 0.3 is 0 Å². The summed E-state index contributed by atoms with van der Waals surface area (Å²) < 4.78 is 29.9. The number of phosphoric acid groups is 1. The highest BCUT2D eigenvalue weighted by molar-refractivity contribution is 7.45. The quantitative estimate of drug-likeness (QED) is 0.0417. The summed E-state index contributed by atoms with van der Waals surface area (Å²) in [6, 6.07) is 7.88. The van der Waals surface area contributed by atoms with E-state index in [0.29, 0.717) is 25.9 Å². The van der Waals surface area contributed by atoms with Crippen LogP contribution in [0.3, 0.4) is 0 Å². The maximum atomic E-state index is 12.6. The molecule has 0 bridgehead atoms. The standard InChI is InChI=1S/C39H72NO6P/c1-6-8-9-10-11-12-13-14-15-16-17-18-19-20-21-25-31-44-39-29-23-22-28-37(39)33-36(34-38(41)27-7-2)35-46-47(42,43)45-32-26-24-30-40(3,4)5/h22-23,28-29,36H,6-21,24-27,30-35H2,1-5H3. The minimum absolute atomic E-state index is 0.0808. The molecule has 0 aliphatic rings. The number of phosphoric ester groups is 1. The molecule has 0 aliphatic carbocycles. The Balaban J connectivity index is 2.36. The smallest absolute Gasteiger partial charge is 0.267 e. The van der Waals surface area contributed by atoms with Crippen molar-refractivity contribution in [2.24, 2.45) is 5.92 Å². The zero-order valence-corrected chi connectivity index (χ0v) is 32.0. The number of quaternary nitrogens is 1. The minimum Gasteiger partial charge on any atom is -0.756 e. The van der Waals surface area contributed by atoms with Crippen molar-refractivity contribution in [1.29, 1.82) is 0 Å². The maximum absolute atomic E-state index is 12.6. The lowest BCUT2D eigenvalue weighted by Crippen LogP contribution is -2.35. The van der Waals surface area contributed by atoms with Crippen LogP contribution in [0.4, 0.5) is 0 Å². The Morgan fingerprint density at radius 2 is 1.26 bits per heavy atom. The SMILES string of the molecule is CCCCCCCCCCCCCCCCCCOc1ccccc1CC(COP(=O)([O-])OCCCC[N+](C)(C)C)CC(=O)CCC. The van der Waals surface area contributed by atoms with Gasteiger partial charge in [0.1, 0.15) is 11.5 Å². The predicted octanol–water partition coefficient (Wildman–Crippen LogP) is 10.2. The number of ketones is 1. The van der Waals surface area contributed by atoms with Gasteiger partial charge in [0.25, 0.3) is 7.82 Å². The molecule has 1 rings (SSSR count). The second-order valence-electron chi connectivity index (χ2n) is 14.6. The normalized spacial score (nSPS) is 13.8. The van der Waals surface area contributed by atoms with E-state index in [9.17, 15) is 14.3 Å². The van der Waals surface area contributed by atoms with Crippen molar-refractivity contribution >= 4 is 13.6 Å². The Morgan fingerprint density at radius 1 is 0.723 bits per heavy atom. The van der Waals surface area contributed by atoms with Gasteiger partial charge in [0.15, 0.2) is 0 Å². The van der Waals surface area contributed by atoms with Gasteiger partial charge in [0, 0.05) is 12.8 Å². The molecule has 0 fully saturated rings. The number of hydrogen-bond donors (Lipinski definition) is 0. The van der Waals surface area contributed by atoms with E-state index in [0.717, 1.165) is 48.0 Å². The number of unbranched alkanes of at least 4 members (excludes halogenated alkanes) is 16. The second-order valence-corrected chi connectivity index (χ2v) is 16.0. The van der Waals surface area contributed by atoms with E-state index in [4.69, 9.17) is 13.8 Å². The third-order valence-corrected chi connectivity index (χ3v) is 9.69. The van der Waals surface area contributed by atoms with Crippen LogP contribution >= 0.6 is 7.82 Å². The van der Waals surface area contributed by atoms with Crippen LogP contribution < -0.4 is 9.63 Å². The first kappa shape index (κ1) is 43.8. The van der Waals surface area contributed by atoms with Gasteiger partial charge in [-0.15, -0.1) is 0 Å². The highest BCUT2D eigenvalue weighted by Crippen LogP contribution is 2.39. The Morgan fingerprint density at radius 3 is 1.81 bits per heavy atom. The summed E-state index contributed by atoms with van der Waals surface area (Å²) in [5.41, 5.74) is 0.976.